The van der Waals surface area contributed by atoms with Crippen LogP contribution in [0.5, 0.6) is 0 Å². The van der Waals surface area contributed by atoms with Crippen molar-refractivity contribution < 1.29 is 17.9 Å². The Hall–Kier alpha value is -1.45. The number of nitrogens with zero attached hydrogens (tertiary/aromatic N) is 1. The normalized spacial score (nSPS) is 22.9. The number of hydrogen-bond acceptors (Lipinski definition) is 5. The fraction of sp³-hybridized carbons (Fsp3) is 0.636. The fourth-order valence-corrected chi connectivity index (χ4v) is 3.41. The first kappa shape index (κ1) is 14.9. The van der Waals surface area contributed by atoms with Crippen molar-refractivity contribution >= 4 is 15.9 Å². The van der Waals surface area contributed by atoms with Crippen molar-refractivity contribution in [1.82, 2.24) is 15.5 Å². The molecule has 1 amide bonds. The van der Waals surface area contributed by atoms with Crippen molar-refractivity contribution in [2.75, 3.05) is 7.11 Å². The van der Waals surface area contributed by atoms with Gasteiger partial charge in [-0.1, -0.05) is 0 Å². The third-order valence-corrected chi connectivity index (χ3v) is 4.53. The average Bonchev–Trinajstić information content (AvgIpc) is 2.94. The summed E-state index contributed by atoms with van der Waals surface area (Å²) in [6, 6.07) is -0.141. The number of aryl methyl sites for hydroxylation is 1. The molecule has 0 radical (unpaired) electrons. The molecular weight excluding hydrogens is 284 g/mol. The molecule has 0 aliphatic heterocycles. The molecule has 1 heterocycles. The van der Waals surface area contributed by atoms with Crippen molar-refractivity contribution in [3.63, 3.8) is 0 Å². The maximum atomic E-state index is 12.2. The van der Waals surface area contributed by atoms with Crippen molar-refractivity contribution in [3.8, 4) is 0 Å². The minimum absolute atomic E-state index is 0.0584. The number of methoxy groups -OCH3 is 1. The van der Waals surface area contributed by atoms with Gasteiger partial charge in [-0.15, -0.1) is 0 Å². The van der Waals surface area contributed by atoms with E-state index in [2.05, 4.69) is 15.5 Å². The number of H-pyrrole nitrogens is 1. The van der Waals surface area contributed by atoms with E-state index in [-0.39, 0.29) is 28.4 Å². The molecule has 8 nitrogen and oxygen atoms in total. The lowest BCUT2D eigenvalue weighted by Crippen LogP contribution is -2.41. The van der Waals surface area contributed by atoms with Crippen molar-refractivity contribution in [2.24, 2.45) is 5.14 Å². The highest BCUT2D eigenvalue weighted by Gasteiger charge is 2.32. The van der Waals surface area contributed by atoms with E-state index in [1.165, 1.54) is 6.92 Å². The second kappa shape index (κ2) is 5.51. The molecule has 0 spiro atoms. The fourth-order valence-electron chi connectivity index (χ4n) is 2.53. The van der Waals surface area contributed by atoms with Gasteiger partial charge in [0.05, 0.1) is 17.8 Å². The third-order valence-electron chi connectivity index (χ3n) is 3.46. The smallest absolute Gasteiger partial charge is 0.273 e. The summed E-state index contributed by atoms with van der Waals surface area (Å²) in [6.45, 7) is 1.50. The van der Waals surface area contributed by atoms with Crippen molar-refractivity contribution in [2.45, 2.75) is 43.2 Å². The highest BCUT2D eigenvalue weighted by atomic mass is 32.2. The molecule has 0 aromatic carbocycles. The van der Waals surface area contributed by atoms with Crippen LogP contribution in [0.25, 0.3) is 0 Å². The van der Waals surface area contributed by atoms with Gasteiger partial charge in [-0.3, -0.25) is 9.89 Å². The molecule has 2 unspecified atom stereocenters. The van der Waals surface area contributed by atoms with Crippen LogP contribution < -0.4 is 10.5 Å². The van der Waals surface area contributed by atoms with Crippen LogP contribution in [0.4, 0.5) is 0 Å². The van der Waals surface area contributed by atoms with Crippen LogP contribution in [0.2, 0.25) is 0 Å². The van der Waals surface area contributed by atoms with Gasteiger partial charge in [0.25, 0.3) is 5.91 Å². The van der Waals surface area contributed by atoms with Crippen LogP contribution in [-0.4, -0.2) is 43.8 Å². The Balaban J connectivity index is 2.23. The number of nitrogens with two attached hydrogens (primary N) is 1. The Labute approximate surface area is 117 Å². The number of hydrogen-bond donors (Lipinski definition) is 3. The van der Waals surface area contributed by atoms with Gasteiger partial charge in [0.15, 0.2) is 5.69 Å². The van der Waals surface area contributed by atoms with Gasteiger partial charge in [-0.25, -0.2) is 13.6 Å². The van der Waals surface area contributed by atoms with Crippen molar-refractivity contribution in [3.05, 3.63) is 11.4 Å². The van der Waals surface area contributed by atoms with E-state index < -0.39 is 15.9 Å². The topological polar surface area (TPSA) is 127 Å². The Kier molecular flexibility index (Phi) is 4.11. The summed E-state index contributed by atoms with van der Waals surface area (Å²) in [7, 11) is -2.42. The zero-order chi connectivity index (χ0) is 14.9. The maximum absolute atomic E-state index is 12.2. The SMILES string of the molecule is COC1CCCC1NC(=O)c1n[nH]c(C)c1S(N)(=O)=O. The summed E-state index contributed by atoms with van der Waals surface area (Å²) < 4.78 is 28.3. The van der Waals surface area contributed by atoms with Gasteiger partial charge in [0, 0.05) is 7.11 Å². The van der Waals surface area contributed by atoms with E-state index in [9.17, 15) is 13.2 Å². The van der Waals surface area contributed by atoms with Crippen LogP contribution in [0.3, 0.4) is 0 Å². The van der Waals surface area contributed by atoms with E-state index in [0.717, 1.165) is 19.3 Å². The summed E-state index contributed by atoms with van der Waals surface area (Å²) in [5, 5.41) is 14.1. The highest BCUT2D eigenvalue weighted by Crippen LogP contribution is 2.22. The molecule has 20 heavy (non-hydrogen) atoms. The second-order valence-electron chi connectivity index (χ2n) is 4.86. The van der Waals surface area contributed by atoms with Crippen LogP contribution in [0.15, 0.2) is 4.90 Å². The Morgan fingerprint density at radius 1 is 1.50 bits per heavy atom. The first-order valence-corrected chi connectivity index (χ1v) is 7.80. The first-order chi connectivity index (χ1) is 9.34. The number of sulfonamides is 1. The number of carbonyl (C=O) groups excluding carboxylic acids is 1. The van der Waals surface area contributed by atoms with Crippen LogP contribution in [0, 0.1) is 6.92 Å². The molecule has 4 N–H and O–H groups in total. The lowest BCUT2D eigenvalue weighted by molar-refractivity contribution is 0.0717. The molecule has 2 atom stereocenters. The zero-order valence-corrected chi connectivity index (χ0v) is 12.2. The van der Waals surface area contributed by atoms with E-state index in [1.807, 2.05) is 0 Å². The monoisotopic (exact) mass is 302 g/mol. The minimum atomic E-state index is -4.00. The van der Waals surface area contributed by atoms with E-state index in [0.29, 0.717) is 0 Å². The van der Waals surface area contributed by atoms with Crippen molar-refractivity contribution in [1.29, 1.82) is 0 Å². The largest absolute Gasteiger partial charge is 0.379 e. The van der Waals surface area contributed by atoms with Crippen LogP contribution in [0.1, 0.15) is 35.4 Å². The van der Waals surface area contributed by atoms with Crippen LogP contribution >= 0.6 is 0 Å². The molecule has 0 saturated heterocycles. The Morgan fingerprint density at radius 2 is 2.20 bits per heavy atom. The zero-order valence-electron chi connectivity index (χ0n) is 11.3. The number of rotatable bonds is 4. The number of ether oxygens (including phenoxy) is 1. The average molecular weight is 302 g/mol. The van der Waals surface area contributed by atoms with Crippen LogP contribution in [-0.2, 0) is 14.8 Å². The molecular formula is C11H18N4O4S. The molecule has 1 fully saturated rings. The lowest BCUT2D eigenvalue weighted by atomic mass is 10.2. The van der Waals surface area contributed by atoms with Gasteiger partial charge in [0.1, 0.15) is 4.90 Å². The predicted octanol–water partition coefficient (Wildman–Crippen LogP) is -0.337. The summed E-state index contributed by atoms with van der Waals surface area (Å²) >= 11 is 0. The maximum Gasteiger partial charge on any atom is 0.273 e. The third kappa shape index (κ3) is 2.84. The molecule has 9 heteroatoms. The number of primary sulfonamides is 1. The summed E-state index contributed by atoms with van der Waals surface area (Å²) in [5.74, 6) is -0.563. The molecule has 1 aromatic heterocycles. The molecule has 1 saturated carbocycles. The molecule has 1 aliphatic rings. The van der Waals surface area contributed by atoms with E-state index >= 15 is 0 Å². The number of aromatic amines is 1. The molecule has 1 aliphatic carbocycles. The molecule has 112 valence electrons. The molecule has 1 aromatic rings. The van der Waals surface area contributed by atoms with E-state index in [1.54, 1.807) is 7.11 Å². The summed E-state index contributed by atoms with van der Waals surface area (Å²) in [6.07, 6.45) is 2.55. The first-order valence-electron chi connectivity index (χ1n) is 6.26. The molecule has 2 rings (SSSR count). The minimum Gasteiger partial charge on any atom is -0.379 e. The Morgan fingerprint density at radius 3 is 2.80 bits per heavy atom. The lowest BCUT2D eigenvalue weighted by Gasteiger charge is -2.19. The van der Waals surface area contributed by atoms with Gasteiger partial charge >= 0.3 is 0 Å². The number of aromatic nitrogens is 2. The predicted molar refractivity (Wildman–Crippen MR) is 70.6 cm³/mol. The number of nitrogens with one attached hydrogen (secondary N) is 2. The van der Waals surface area contributed by atoms with Gasteiger partial charge in [0.2, 0.25) is 10.0 Å². The van der Waals surface area contributed by atoms with Gasteiger partial charge in [-0.05, 0) is 26.2 Å². The molecule has 0 bridgehead atoms. The quantitative estimate of drug-likeness (QED) is 0.701. The van der Waals surface area contributed by atoms with E-state index in [4.69, 9.17) is 9.88 Å². The highest BCUT2D eigenvalue weighted by molar-refractivity contribution is 7.89. The van der Waals surface area contributed by atoms with Gasteiger partial charge in [-0.2, -0.15) is 5.10 Å². The van der Waals surface area contributed by atoms with Gasteiger partial charge < -0.3 is 10.1 Å². The Bertz CT molecular complexity index is 610. The standard InChI is InChI=1S/C11H18N4O4S/c1-6-10(20(12,17)18)9(15-14-6)11(16)13-7-4-3-5-8(7)19-2/h7-8H,3-5H2,1-2H3,(H,13,16)(H,14,15)(H2,12,17,18). The number of carbonyl (C=O) groups is 1. The second-order valence-corrected chi connectivity index (χ2v) is 6.35. The number of amides is 1. The summed E-state index contributed by atoms with van der Waals surface area (Å²) in [5.41, 5.74) is 0.0408. The summed E-state index contributed by atoms with van der Waals surface area (Å²) in [4.78, 5) is 11.9.